The summed E-state index contributed by atoms with van der Waals surface area (Å²) in [6, 6.07) is 24.1. The van der Waals surface area contributed by atoms with Crippen LogP contribution in [-0.2, 0) is 12.8 Å². The molecule has 0 radical (unpaired) electrons. The number of rotatable bonds is 10. The van der Waals surface area contributed by atoms with Gasteiger partial charge in [0.1, 0.15) is 5.75 Å². The second-order valence-electron chi connectivity index (χ2n) is 7.83. The molecule has 0 fully saturated rings. The van der Waals surface area contributed by atoms with Crippen molar-refractivity contribution in [1.29, 1.82) is 0 Å². The third-order valence-electron chi connectivity index (χ3n) is 5.52. The number of carbonyl (C=O) groups is 1. The van der Waals surface area contributed by atoms with Crippen molar-refractivity contribution in [2.45, 2.75) is 58.8 Å². The molecule has 0 amide bonds. The Morgan fingerprint density at radius 3 is 1.83 bits per heavy atom. The fraction of sp³-hybridized carbons (Fsp3) is 0.321. The van der Waals surface area contributed by atoms with Crippen molar-refractivity contribution in [2.24, 2.45) is 0 Å². The van der Waals surface area contributed by atoms with Gasteiger partial charge in [-0.3, -0.25) is 0 Å². The largest absolute Gasteiger partial charge is 0.423 e. The molecule has 156 valence electrons. The molecule has 3 aromatic carbocycles. The van der Waals surface area contributed by atoms with Gasteiger partial charge in [0.2, 0.25) is 0 Å². The van der Waals surface area contributed by atoms with Gasteiger partial charge in [-0.15, -0.1) is 0 Å². The van der Waals surface area contributed by atoms with E-state index in [2.05, 4.69) is 38.1 Å². The van der Waals surface area contributed by atoms with Gasteiger partial charge in [0.25, 0.3) is 0 Å². The van der Waals surface area contributed by atoms with Crippen molar-refractivity contribution in [3.8, 4) is 16.9 Å². The molecule has 0 aliphatic carbocycles. The SMILES string of the molecule is CCCCCCCc1ccc(-c2ccc(C(=O)Oc3ccc(CC)cc3)cc2)cc1. The summed E-state index contributed by atoms with van der Waals surface area (Å²) in [5.41, 5.74) is 5.45. The maximum atomic E-state index is 12.4. The highest BCUT2D eigenvalue weighted by atomic mass is 16.5. The van der Waals surface area contributed by atoms with E-state index in [0.717, 1.165) is 18.4 Å². The van der Waals surface area contributed by atoms with E-state index in [1.54, 1.807) is 0 Å². The summed E-state index contributed by atoms with van der Waals surface area (Å²) in [5.74, 6) is 0.246. The van der Waals surface area contributed by atoms with E-state index in [9.17, 15) is 4.79 Å². The Labute approximate surface area is 180 Å². The lowest BCUT2D eigenvalue weighted by Gasteiger charge is -2.07. The molecule has 0 aliphatic rings. The summed E-state index contributed by atoms with van der Waals surface area (Å²) >= 11 is 0. The van der Waals surface area contributed by atoms with E-state index in [-0.39, 0.29) is 5.97 Å². The first-order valence-electron chi connectivity index (χ1n) is 11.2. The number of esters is 1. The maximum absolute atomic E-state index is 12.4. The van der Waals surface area contributed by atoms with E-state index in [1.165, 1.54) is 48.8 Å². The van der Waals surface area contributed by atoms with E-state index in [4.69, 9.17) is 4.74 Å². The molecular formula is C28H32O2. The third kappa shape index (κ3) is 6.32. The highest BCUT2D eigenvalue weighted by molar-refractivity contribution is 5.91. The second kappa shape index (κ2) is 11.3. The lowest BCUT2D eigenvalue weighted by molar-refractivity contribution is 0.0735. The zero-order valence-electron chi connectivity index (χ0n) is 18.2. The Balaban J connectivity index is 1.56. The van der Waals surface area contributed by atoms with Crippen LogP contribution in [0.1, 0.15) is 67.4 Å². The molecule has 0 bridgehead atoms. The maximum Gasteiger partial charge on any atom is 0.343 e. The van der Waals surface area contributed by atoms with Crippen molar-refractivity contribution in [3.63, 3.8) is 0 Å². The van der Waals surface area contributed by atoms with Gasteiger partial charge >= 0.3 is 5.97 Å². The first-order valence-corrected chi connectivity index (χ1v) is 11.2. The van der Waals surface area contributed by atoms with E-state index in [0.29, 0.717) is 11.3 Å². The minimum Gasteiger partial charge on any atom is -0.423 e. The minimum absolute atomic E-state index is 0.329. The molecule has 0 N–H and O–H groups in total. The number of carbonyl (C=O) groups excluding carboxylic acids is 1. The van der Waals surface area contributed by atoms with Gasteiger partial charge in [0.15, 0.2) is 0 Å². The molecule has 0 saturated heterocycles. The van der Waals surface area contributed by atoms with E-state index < -0.39 is 0 Å². The molecular weight excluding hydrogens is 368 g/mol. The second-order valence-corrected chi connectivity index (χ2v) is 7.83. The van der Waals surface area contributed by atoms with Crippen molar-refractivity contribution in [3.05, 3.63) is 89.5 Å². The van der Waals surface area contributed by atoms with Crippen LogP contribution in [0.4, 0.5) is 0 Å². The highest BCUT2D eigenvalue weighted by Crippen LogP contribution is 2.22. The Morgan fingerprint density at radius 1 is 0.667 bits per heavy atom. The molecule has 0 atom stereocenters. The van der Waals surface area contributed by atoms with E-state index in [1.807, 2.05) is 48.5 Å². The summed E-state index contributed by atoms with van der Waals surface area (Å²) in [6.45, 7) is 4.35. The van der Waals surface area contributed by atoms with Crippen molar-refractivity contribution in [1.82, 2.24) is 0 Å². The average molecular weight is 401 g/mol. The van der Waals surface area contributed by atoms with Gasteiger partial charge in [-0.1, -0.05) is 88.1 Å². The molecule has 2 heteroatoms. The van der Waals surface area contributed by atoms with Gasteiger partial charge in [-0.25, -0.2) is 4.79 Å². The summed E-state index contributed by atoms with van der Waals surface area (Å²) < 4.78 is 5.48. The number of unbranched alkanes of at least 4 members (excludes halogenated alkanes) is 4. The number of aryl methyl sites for hydroxylation is 2. The van der Waals surface area contributed by atoms with Crippen LogP contribution in [0.25, 0.3) is 11.1 Å². The van der Waals surface area contributed by atoms with Crippen LogP contribution in [0.3, 0.4) is 0 Å². The van der Waals surface area contributed by atoms with Gasteiger partial charge in [0.05, 0.1) is 5.56 Å². The summed E-state index contributed by atoms with van der Waals surface area (Å²) in [6.07, 6.45) is 8.66. The minimum atomic E-state index is -0.329. The summed E-state index contributed by atoms with van der Waals surface area (Å²) in [4.78, 5) is 12.4. The zero-order chi connectivity index (χ0) is 21.2. The molecule has 3 rings (SSSR count). The third-order valence-corrected chi connectivity index (χ3v) is 5.52. The number of hydrogen-bond acceptors (Lipinski definition) is 2. The summed E-state index contributed by atoms with van der Waals surface area (Å²) in [5, 5.41) is 0. The molecule has 0 aromatic heterocycles. The molecule has 0 unspecified atom stereocenters. The molecule has 0 aliphatic heterocycles. The summed E-state index contributed by atoms with van der Waals surface area (Å²) in [7, 11) is 0. The quantitative estimate of drug-likeness (QED) is 0.198. The fourth-order valence-electron chi connectivity index (χ4n) is 3.55. The van der Waals surface area contributed by atoms with Gasteiger partial charge in [-0.05, 0) is 65.8 Å². The van der Waals surface area contributed by atoms with Crippen molar-refractivity contribution < 1.29 is 9.53 Å². The smallest absolute Gasteiger partial charge is 0.343 e. The van der Waals surface area contributed by atoms with Crippen LogP contribution >= 0.6 is 0 Å². The van der Waals surface area contributed by atoms with Crippen molar-refractivity contribution in [2.75, 3.05) is 0 Å². The predicted molar refractivity (Wildman–Crippen MR) is 125 cm³/mol. The zero-order valence-corrected chi connectivity index (χ0v) is 18.2. The van der Waals surface area contributed by atoms with Crippen LogP contribution in [-0.4, -0.2) is 5.97 Å². The Morgan fingerprint density at radius 2 is 1.23 bits per heavy atom. The average Bonchev–Trinajstić information content (AvgIpc) is 2.80. The predicted octanol–water partition coefficient (Wildman–Crippen LogP) is 7.65. The molecule has 0 spiro atoms. The molecule has 3 aromatic rings. The van der Waals surface area contributed by atoms with Crippen LogP contribution in [0, 0.1) is 0 Å². The van der Waals surface area contributed by atoms with Gasteiger partial charge < -0.3 is 4.74 Å². The monoisotopic (exact) mass is 400 g/mol. The lowest BCUT2D eigenvalue weighted by Crippen LogP contribution is -2.08. The Bertz CT molecular complexity index is 906. The fourth-order valence-corrected chi connectivity index (χ4v) is 3.55. The topological polar surface area (TPSA) is 26.3 Å². The molecule has 2 nitrogen and oxygen atoms in total. The molecule has 0 saturated carbocycles. The van der Waals surface area contributed by atoms with Gasteiger partial charge in [0, 0.05) is 0 Å². The van der Waals surface area contributed by atoms with Crippen LogP contribution in [0.2, 0.25) is 0 Å². The highest BCUT2D eigenvalue weighted by Gasteiger charge is 2.09. The van der Waals surface area contributed by atoms with E-state index >= 15 is 0 Å². The lowest BCUT2D eigenvalue weighted by atomic mass is 10.00. The first-order chi connectivity index (χ1) is 14.7. The number of benzene rings is 3. The molecule has 30 heavy (non-hydrogen) atoms. The normalized spacial score (nSPS) is 10.7. The number of hydrogen-bond donors (Lipinski definition) is 0. The van der Waals surface area contributed by atoms with Crippen LogP contribution in [0.5, 0.6) is 5.75 Å². The molecule has 0 heterocycles. The first kappa shape index (κ1) is 21.8. The Kier molecular flexibility index (Phi) is 8.26. The van der Waals surface area contributed by atoms with Crippen LogP contribution in [0.15, 0.2) is 72.8 Å². The Hall–Kier alpha value is -2.87. The number of ether oxygens (including phenoxy) is 1. The van der Waals surface area contributed by atoms with Gasteiger partial charge in [-0.2, -0.15) is 0 Å². The standard InChI is InChI=1S/C28H32O2/c1-3-5-6-7-8-9-23-10-14-24(15-11-23)25-16-18-26(19-17-25)28(29)30-27-20-12-22(4-2)13-21-27/h10-21H,3-9H2,1-2H3. The van der Waals surface area contributed by atoms with Crippen molar-refractivity contribution >= 4 is 5.97 Å². The van der Waals surface area contributed by atoms with Crippen LogP contribution < -0.4 is 4.74 Å².